The van der Waals surface area contributed by atoms with E-state index in [1.165, 1.54) is 24.0 Å². The Morgan fingerprint density at radius 1 is 1.32 bits per heavy atom. The maximum absolute atomic E-state index is 4.32. The lowest BCUT2D eigenvalue weighted by molar-refractivity contribution is 0.450. The average Bonchev–Trinajstić information content (AvgIpc) is 3.19. The van der Waals surface area contributed by atoms with Gasteiger partial charge in [-0.05, 0) is 36.8 Å². The second-order valence-electron chi connectivity index (χ2n) is 5.46. The third-order valence-electron chi connectivity index (χ3n) is 3.72. The Hall–Kier alpha value is -1.61. The SMILES string of the molecule is Cc1cnn(CCNC(c2ccccc2)C2CC2)c1. The normalized spacial score (nSPS) is 16.5. The zero-order valence-electron chi connectivity index (χ0n) is 11.4. The molecule has 1 aromatic carbocycles. The van der Waals surface area contributed by atoms with Gasteiger partial charge >= 0.3 is 0 Å². The highest BCUT2D eigenvalue weighted by Gasteiger charge is 2.31. The first-order valence-corrected chi connectivity index (χ1v) is 7.10. The topological polar surface area (TPSA) is 29.9 Å². The number of aromatic nitrogens is 2. The molecule has 0 amide bonds. The molecule has 0 bridgehead atoms. The van der Waals surface area contributed by atoms with Crippen LogP contribution in [-0.2, 0) is 6.54 Å². The monoisotopic (exact) mass is 255 g/mol. The van der Waals surface area contributed by atoms with Gasteiger partial charge in [0, 0.05) is 18.8 Å². The fraction of sp³-hybridized carbons (Fsp3) is 0.438. The highest BCUT2D eigenvalue weighted by molar-refractivity contribution is 5.21. The van der Waals surface area contributed by atoms with Crippen molar-refractivity contribution in [3.8, 4) is 0 Å². The van der Waals surface area contributed by atoms with Crippen molar-refractivity contribution in [1.82, 2.24) is 15.1 Å². The molecule has 1 fully saturated rings. The van der Waals surface area contributed by atoms with E-state index in [0.717, 1.165) is 19.0 Å². The molecule has 0 aliphatic heterocycles. The van der Waals surface area contributed by atoms with E-state index in [-0.39, 0.29) is 0 Å². The summed E-state index contributed by atoms with van der Waals surface area (Å²) in [5.74, 6) is 0.821. The summed E-state index contributed by atoms with van der Waals surface area (Å²) < 4.78 is 2.01. The summed E-state index contributed by atoms with van der Waals surface area (Å²) in [4.78, 5) is 0. The lowest BCUT2D eigenvalue weighted by Gasteiger charge is -2.18. The molecule has 3 heteroatoms. The zero-order valence-corrected chi connectivity index (χ0v) is 11.4. The minimum Gasteiger partial charge on any atom is -0.308 e. The summed E-state index contributed by atoms with van der Waals surface area (Å²) in [6.07, 6.45) is 6.72. The molecule has 100 valence electrons. The fourth-order valence-electron chi connectivity index (χ4n) is 2.57. The lowest BCUT2D eigenvalue weighted by Crippen LogP contribution is -2.26. The van der Waals surface area contributed by atoms with E-state index >= 15 is 0 Å². The second-order valence-corrected chi connectivity index (χ2v) is 5.46. The van der Waals surface area contributed by atoms with Crippen LogP contribution >= 0.6 is 0 Å². The van der Waals surface area contributed by atoms with Crippen molar-refractivity contribution in [1.29, 1.82) is 0 Å². The summed E-state index contributed by atoms with van der Waals surface area (Å²) in [6, 6.07) is 11.3. The van der Waals surface area contributed by atoms with Gasteiger partial charge in [0.25, 0.3) is 0 Å². The number of nitrogens with one attached hydrogen (secondary N) is 1. The van der Waals surface area contributed by atoms with Gasteiger partial charge in [-0.15, -0.1) is 0 Å². The number of aryl methyl sites for hydroxylation is 1. The molecule has 19 heavy (non-hydrogen) atoms. The Kier molecular flexibility index (Phi) is 3.65. The number of hydrogen-bond acceptors (Lipinski definition) is 2. The number of hydrogen-bond donors (Lipinski definition) is 1. The highest BCUT2D eigenvalue weighted by Crippen LogP contribution is 2.40. The van der Waals surface area contributed by atoms with Crippen LogP contribution in [0, 0.1) is 12.8 Å². The molecule has 1 N–H and O–H groups in total. The Morgan fingerprint density at radius 3 is 2.74 bits per heavy atom. The third kappa shape index (κ3) is 3.24. The van der Waals surface area contributed by atoms with Crippen molar-refractivity contribution in [2.24, 2.45) is 5.92 Å². The minimum atomic E-state index is 0.512. The second kappa shape index (κ2) is 5.57. The van der Waals surface area contributed by atoms with Crippen molar-refractivity contribution >= 4 is 0 Å². The molecule has 1 aliphatic rings. The molecule has 0 spiro atoms. The van der Waals surface area contributed by atoms with E-state index in [9.17, 15) is 0 Å². The Bertz CT molecular complexity index is 514. The van der Waals surface area contributed by atoms with Gasteiger partial charge in [0.05, 0.1) is 12.7 Å². The summed E-state index contributed by atoms with van der Waals surface area (Å²) in [6.45, 7) is 3.98. The predicted molar refractivity (Wildman–Crippen MR) is 76.9 cm³/mol. The van der Waals surface area contributed by atoms with Crippen LogP contribution in [-0.4, -0.2) is 16.3 Å². The van der Waals surface area contributed by atoms with Gasteiger partial charge < -0.3 is 5.32 Å². The van der Waals surface area contributed by atoms with E-state index in [1.54, 1.807) is 0 Å². The molecule has 1 aliphatic carbocycles. The van der Waals surface area contributed by atoms with Gasteiger partial charge in [-0.25, -0.2) is 0 Å². The largest absolute Gasteiger partial charge is 0.308 e. The van der Waals surface area contributed by atoms with Crippen molar-refractivity contribution in [2.45, 2.75) is 32.4 Å². The Morgan fingerprint density at radius 2 is 2.11 bits per heavy atom. The highest BCUT2D eigenvalue weighted by atomic mass is 15.3. The van der Waals surface area contributed by atoms with Gasteiger partial charge in [-0.3, -0.25) is 4.68 Å². The molecule has 1 aromatic heterocycles. The summed E-state index contributed by atoms with van der Waals surface area (Å²) in [5.41, 5.74) is 2.64. The van der Waals surface area contributed by atoms with Gasteiger partial charge in [0.2, 0.25) is 0 Å². The first-order chi connectivity index (χ1) is 9.33. The molecule has 1 atom stereocenters. The molecule has 1 heterocycles. The smallest absolute Gasteiger partial charge is 0.0534 e. The van der Waals surface area contributed by atoms with Crippen LogP contribution in [0.15, 0.2) is 42.7 Å². The maximum atomic E-state index is 4.32. The van der Waals surface area contributed by atoms with Crippen molar-refractivity contribution in [3.05, 3.63) is 53.9 Å². The van der Waals surface area contributed by atoms with E-state index in [4.69, 9.17) is 0 Å². The van der Waals surface area contributed by atoms with Gasteiger partial charge in [-0.1, -0.05) is 30.3 Å². The summed E-state index contributed by atoms with van der Waals surface area (Å²) in [5, 5.41) is 8.02. The molecule has 0 saturated heterocycles. The van der Waals surface area contributed by atoms with Crippen molar-refractivity contribution in [3.63, 3.8) is 0 Å². The van der Waals surface area contributed by atoms with E-state index in [2.05, 4.69) is 53.9 Å². The molecule has 1 unspecified atom stereocenters. The Labute approximate surface area is 114 Å². The zero-order chi connectivity index (χ0) is 13.1. The van der Waals surface area contributed by atoms with E-state index < -0.39 is 0 Å². The standard InChI is InChI=1S/C16H21N3/c1-13-11-18-19(12-13)10-9-17-16(15-7-8-15)14-5-3-2-4-6-14/h2-6,11-12,15-17H,7-10H2,1H3. The van der Waals surface area contributed by atoms with Crippen LogP contribution < -0.4 is 5.32 Å². The first kappa shape index (κ1) is 12.4. The Balaban J connectivity index is 1.57. The summed E-state index contributed by atoms with van der Waals surface area (Å²) >= 11 is 0. The lowest BCUT2D eigenvalue weighted by atomic mass is 10.0. The van der Waals surface area contributed by atoms with Crippen LogP contribution in [0.3, 0.4) is 0 Å². The van der Waals surface area contributed by atoms with Gasteiger partial charge in [0.1, 0.15) is 0 Å². The minimum absolute atomic E-state index is 0.512. The number of benzene rings is 1. The molecular formula is C16H21N3. The van der Waals surface area contributed by atoms with Gasteiger partial charge in [0.15, 0.2) is 0 Å². The quantitative estimate of drug-likeness (QED) is 0.860. The summed E-state index contributed by atoms with van der Waals surface area (Å²) in [7, 11) is 0. The number of nitrogens with zero attached hydrogens (tertiary/aromatic N) is 2. The first-order valence-electron chi connectivity index (χ1n) is 7.10. The molecule has 3 nitrogen and oxygen atoms in total. The van der Waals surface area contributed by atoms with Crippen LogP contribution in [0.2, 0.25) is 0 Å². The average molecular weight is 255 g/mol. The van der Waals surface area contributed by atoms with Crippen molar-refractivity contribution in [2.75, 3.05) is 6.54 Å². The van der Waals surface area contributed by atoms with Gasteiger partial charge in [-0.2, -0.15) is 5.10 Å². The molecule has 2 aromatic rings. The van der Waals surface area contributed by atoms with Crippen LogP contribution in [0.25, 0.3) is 0 Å². The van der Waals surface area contributed by atoms with Crippen LogP contribution in [0.4, 0.5) is 0 Å². The third-order valence-corrected chi connectivity index (χ3v) is 3.72. The van der Waals surface area contributed by atoms with Crippen LogP contribution in [0.5, 0.6) is 0 Å². The molecule has 0 radical (unpaired) electrons. The maximum Gasteiger partial charge on any atom is 0.0534 e. The number of rotatable bonds is 6. The predicted octanol–water partition coefficient (Wildman–Crippen LogP) is 2.93. The van der Waals surface area contributed by atoms with E-state index in [0.29, 0.717) is 6.04 Å². The fourth-order valence-corrected chi connectivity index (χ4v) is 2.57. The van der Waals surface area contributed by atoms with Crippen LogP contribution in [0.1, 0.15) is 30.0 Å². The molecule has 1 saturated carbocycles. The van der Waals surface area contributed by atoms with Crippen molar-refractivity contribution < 1.29 is 0 Å². The molecular weight excluding hydrogens is 234 g/mol. The van der Waals surface area contributed by atoms with E-state index in [1.807, 2.05) is 10.9 Å². The molecule has 3 rings (SSSR count).